The van der Waals surface area contributed by atoms with Crippen molar-refractivity contribution in [2.75, 3.05) is 13.7 Å². The van der Waals surface area contributed by atoms with Crippen molar-refractivity contribution in [3.05, 3.63) is 12.2 Å². The van der Waals surface area contributed by atoms with Crippen LogP contribution in [-0.2, 0) is 23.7 Å². The number of aliphatic hydroxyl groups excluding tert-OH is 3. The van der Waals surface area contributed by atoms with Gasteiger partial charge in [-0.15, -0.1) is 0 Å². The molecule has 0 aromatic carbocycles. The first kappa shape index (κ1) is 23.6. The first-order chi connectivity index (χ1) is 14.2. The number of carbonyl (C=O) groups excluding carboxylic acids is 1. The molecule has 0 aromatic rings. The minimum Gasteiger partial charge on any atom is -0.469 e. The Morgan fingerprint density at radius 1 is 1.17 bits per heavy atom. The summed E-state index contributed by atoms with van der Waals surface area (Å²) in [6, 6.07) is 0. The normalized spacial score (nSPS) is 44.4. The lowest BCUT2D eigenvalue weighted by Gasteiger charge is -2.50. The van der Waals surface area contributed by atoms with Gasteiger partial charge in [0.1, 0.15) is 6.10 Å². The van der Waals surface area contributed by atoms with Crippen molar-refractivity contribution < 1.29 is 39.1 Å². The van der Waals surface area contributed by atoms with Crippen LogP contribution in [-0.4, -0.2) is 83.8 Å². The monoisotopic (exact) mass is 428 g/mol. The van der Waals surface area contributed by atoms with Crippen molar-refractivity contribution in [1.29, 1.82) is 0 Å². The standard InChI is InChI=1S/C22H36O8/c1-11-7-14(5-6-20(25)27-4)28-16(12(11)2)9-17-21(26)13(3)22-18(29-17)8-15(24)19(10-23)30-22/h11,13-19,21-24,26H,2,5-10H2,1,3-4H3/t11-,13-,14+,15-,16-,17?,18+,19-,21?,22+/m1/s1. The van der Waals surface area contributed by atoms with Gasteiger partial charge in [0.2, 0.25) is 0 Å². The summed E-state index contributed by atoms with van der Waals surface area (Å²) in [5, 5.41) is 30.5. The van der Waals surface area contributed by atoms with E-state index < -0.39 is 24.4 Å². The number of hydrogen-bond acceptors (Lipinski definition) is 8. The molecular weight excluding hydrogens is 392 g/mol. The van der Waals surface area contributed by atoms with Gasteiger partial charge in [0.05, 0.1) is 56.4 Å². The number of methoxy groups -OCH3 is 1. The molecule has 3 N–H and O–H groups in total. The van der Waals surface area contributed by atoms with Crippen LogP contribution in [0.1, 0.15) is 46.0 Å². The third-order valence-corrected chi connectivity index (χ3v) is 6.93. The van der Waals surface area contributed by atoms with E-state index >= 15 is 0 Å². The van der Waals surface area contributed by atoms with Gasteiger partial charge in [-0.3, -0.25) is 4.79 Å². The van der Waals surface area contributed by atoms with Crippen molar-refractivity contribution in [3.8, 4) is 0 Å². The molecular formula is C22H36O8. The third-order valence-electron chi connectivity index (χ3n) is 6.93. The van der Waals surface area contributed by atoms with Gasteiger partial charge < -0.3 is 34.3 Å². The summed E-state index contributed by atoms with van der Waals surface area (Å²) >= 11 is 0. The van der Waals surface area contributed by atoms with Gasteiger partial charge in [-0.05, 0) is 24.3 Å². The molecule has 3 aliphatic rings. The molecule has 3 aliphatic heterocycles. The summed E-state index contributed by atoms with van der Waals surface area (Å²) in [7, 11) is 1.38. The number of fused-ring (bicyclic) bond motifs is 1. The van der Waals surface area contributed by atoms with Gasteiger partial charge in [0.25, 0.3) is 0 Å². The molecule has 0 amide bonds. The van der Waals surface area contributed by atoms with Gasteiger partial charge in [-0.2, -0.15) is 0 Å². The van der Waals surface area contributed by atoms with Crippen LogP contribution in [0.4, 0.5) is 0 Å². The highest BCUT2D eigenvalue weighted by atomic mass is 16.6. The van der Waals surface area contributed by atoms with Crippen molar-refractivity contribution in [2.24, 2.45) is 11.8 Å². The van der Waals surface area contributed by atoms with Crippen LogP contribution in [0, 0.1) is 11.8 Å². The summed E-state index contributed by atoms with van der Waals surface area (Å²) in [5.41, 5.74) is 0.968. The van der Waals surface area contributed by atoms with Gasteiger partial charge in [-0.25, -0.2) is 0 Å². The minimum atomic E-state index is -0.803. The topological polar surface area (TPSA) is 115 Å². The van der Waals surface area contributed by atoms with E-state index in [1.165, 1.54) is 7.11 Å². The van der Waals surface area contributed by atoms with Gasteiger partial charge in [-0.1, -0.05) is 20.4 Å². The Morgan fingerprint density at radius 3 is 2.57 bits per heavy atom. The lowest BCUT2D eigenvalue weighted by molar-refractivity contribution is -0.271. The molecule has 30 heavy (non-hydrogen) atoms. The van der Waals surface area contributed by atoms with E-state index in [0.717, 1.165) is 12.0 Å². The summed E-state index contributed by atoms with van der Waals surface area (Å²) in [4.78, 5) is 11.5. The fourth-order valence-electron chi connectivity index (χ4n) is 4.92. The fraction of sp³-hybridized carbons (Fsp3) is 0.864. The Bertz CT molecular complexity index is 610. The highest BCUT2D eigenvalue weighted by Crippen LogP contribution is 2.39. The summed E-state index contributed by atoms with van der Waals surface area (Å²) in [6.07, 6.45) is -1.29. The van der Waals surface area contributed by atoms with Crippen LogP contribution in [0.2, 0.25) is 0 Å². The van der Waals surface area contributed by atoms with E-state index in [1.54, 1.807) is 0 Å². The number of esters is 1. The molecule has 2 unspecified atom stereocenters. The Labute approximate surface area is 178 Å². The molecule has 3 fully saturated rings. The van der Waals surface area contributed by atoms with Crippen LogP contribution in [0.3, 0.4) is 0 Å². The maximum atomic E-state index is 11.5. The molecule has 3 heterocycles. The largest absolute Gasteiger partial charge is 0.469 e. The van der Waals surface area contributed by atoms with Crippen LogP contribution in [0.5, 0.6) is 0 Å². The van der Waals surface area contributed by atoms with Gasteiger partial charge in [0.15, 0.2) is 0 Å². The zero-order valence-corrected chi connectivity index (χ0v) is 18.1. The van der Waals surface area contributed by atoms with Gasteiger partial charge in [0, 0.05) is 25.2 Å². The molecule has 0 spiro atoms. The highest BCUT2D eigenvalue weighted by molar-refractivity contribution is 5.69. The molecule has 0 aromatic heterocycles. The number of rotatable bonds is 6. The molecule has 3 saturated heterocycles. The fourth-order valence-corrected chi connectivity index (χ4v) is 4.92. The lowest BCUT2D eigenvalue weighted by atomic mass is 9.79. The van der Waals surface area contributed by atoms with E-state index in [-0.39, 0.29) is 48.8 Å². The molecule has 3 rings (SSSR count). The average Bonchev–Trinajstić information content (AvgIpc) is 2.73. The van der Waals surface area contributed by atoms with Crippen LogP contribution in [0.25, 0.3) is 0 Å². The molecule has 8 nitrogen and oxygen atoms in total. The van der Waals surface area contributed by atoms with E-state index in [4.69, 9.17) is 18.9 Å². The SMILES string of the molecule is C=C1[C@H](C)C[C@H](CCC(=O)OC)O[C@@H]1CC1O[C@H]2C[C@@H](O)[C@@H](CO)O[C@H]2[C@H](C)C1O. The Kier molecular flexibility index (Phi) is 7.92. The van der Waals surface area contributed by atoms with Crippen molar-refractivity contribution >= 4 is 5.97 Å². The Balaban J connectivity index is 1.64. The molecule has 172 valence electrons. The minimum absolute atomic E-state index is 0.0781. The van der Waals surface area contributed by atoms with Gasteiger partial charge >= 0.3 is 5.97 Å². The molecule has 8 heteroatoms. The third kappa shape index (κ3) is 5.06. The lowest BCUT2D eigenvalue weighted by Crippen LogP contribution is -2.61. The molecule has 0 aliphatic carbocycles. The molecule has 10 atom stereocenters. The summed E-state index contributed by atoms with van der Waals surface area (Å²) in [6.45, 7) is 7.94. The average molecular weight is 429 g/mol. The van der Waals surface area contributed by atoms with E-state index in [9.17, 15) is 20.1 Å². The summed E-state index contributed by atoms with van der Waals surface area (Å²) in [5.74, 6) is -0.225. The second-order valence-electron chi connectivity index (χ2n) is 9.00. The second-order valence-corrected chi connectivity index (χ2v) is 9.00. The zero-order chi connectivity index (χ0) is 22.0. The first-order valence-corrected chi connectivity index (χ1v) is 10.9. The number of ether oxygens (including phenoxy) is 4. The summed E-state index contributed by atoms with van der Waals surface area (Å²) < 4.78 is 22.9. The Morgan fingerprint density at radius 2 is 1.90 bits per heavy atom. The smallest absolute Gasteiger partial charge is 0.305 e. The first-order valence-electron chi connectivity index (χ1n) is 10.9. The van der Waals surface area contributed by atoms with E-state index in [2.05, 4.69) is 13.5 Å². The van der Waals surface area contributed by atoms with E-state index in [1.807, 2.05) is 6.92 Å². The second kappa shape index (κ2) is 10.1. The molecule has 0 saturated carbocycles. The Hall–Kier alpha value is -1.03. The number of carbonyl (C=O) groups is 1. The molecule has 0 radical (unpaired) electrons. The van der Waals surface area contributed by atoms with Crippen LogP contribution in [0.15, 0.2) is 12.2 Å². The maximum absolute atomic E-state index is 11.5. The predicted molar refractivity (Wildman–Crippen MR) is 108 cm³/mol. The van der Waals surface area contributed by atoms with E-state index in [0.29, 0.717) is 25.7 Å². The quantitative estimate of drug-likeness (QED) is 0.423. The predicted octanol–water partition coefficient (Wildman–Crippen LogP) is 0.955. The number of aliphatic hydroxyl groups is 3. The van der Waals surface area contributed by atoms with Crippen molar-refractivity contribution in [3.63, 3.8) is 0 Å². The number of hydrogen-bond donors (Lipinski definition) is 3. The van der Waals surface area contributed by atoms with Crippen LogP contribution < -0.4 is 0 Å². The molecule has 0 bridgehead atoms. The van der Waals surface area contributed by atoms with Crippen LogP contribution >= 0.6 is 0 Å². The maximum Gasteiger partial charge on any atom is 0.305 e. The zero-order valence-electron chi connectivity index (χ0n) is 18.1. The highest BCUT2D eigenvalue weighted by Gasteiger charge is 2.49. The van der Waals surface area contributed by atoms with Crippen molar-refractivity contribution in [1.82, 2.24) is 0 Å². The van der Waals surface area contributed by atoms with Crippen molar-refractivity contribution in [2.45, 2.75) is 94.8 Å².